The first-order valence-electron chi connectivity index (χ1n) is 4.59. The molecule has 1 aromatic carbocycles. The number of benzene rings is 1. The van der Waals surface area contributed by atoms with Gasteiger partial charge in [0.05, 0.1) is 14.7 Å². The number of rotatable bonds is 2. The van der Waals surface area contributed by atoms with Crippen LogP contribution in [0.25, 0.3) is 10.2 Å². The number of hydrogen-bond donors (Lipinski definition) is 1. The normalized spacial score (nSPS) is 10.5. The zero-order valence-electron chi connectivity index (χ0n) is 8.71. The van der Waals surface area contributed by atoms with Crippen LogP contribution in [0, 0.1) is 0 Å². The monoisotopic (exact) mass is 273 g/mol. The van der Waals surface area contributed by atoms with Crippen molar-refractivity contribution in [2.75, 3.05) is 5.43 Å². The fourth-order valence-corrected chi connectivity index (χ4v) is 2.52. The van der Waals surface area contributed by atoms with E-state index in [1.54, 1.807) is 12.1 Å². The van der Waals surface area contributed by atoms with Crippen molar-refractivity contribution < 1.29 is 0 Å². The molecule has 0 atom stereocenters. The summed E-state index contributed by atoms with van der Waals surface area (Å²) in [5.41, 5.74) is 4.51. The number of aromatic nitrogens is 1. The summed E-state index contributed by atoms with van der Waals surface area (Å²) in [5.74, 6) is 0. The summed E-state index contributed by atoms with van der Waals surface area (Å²) >= 11 is 13.5. The van der Waals surface area contributed by atoms with E-state index in [9.17, 15) is 0 Å². The Morgan fingerprint density at radius 1 is 1.31 bits per heavy atom. The third kappa shape index (κ3) is 2.29. The molecule has 0 radical (unpaired) electrons. The first kappa shape index (κ1) is 11.6. The van der Waals surface area contributed by atoms with Gasteiger partial charge in [0, 0.05) is 5.71 Å². The molecule has 0 aliphatic heterocycles. The molecule has 0 unspecified atom stereocenters. The SMILES string of the molecule is CC(C)=NNc1nc2c(Cl)ccc(Cl)c2s1. The second kappa shape index (κ2) is 4.57. The number of hydrazone groups is 1. The molecule has 0 bridgehead atoms. The van der Waals surface area contributed by atoms with Crippen molar-refractivity contribution >= 4 is 55.6 Å². The van der Waals surface area contributed by atoms with Crippen molar-refractivity contribution in [2.24, 2.45) is 5.10 Å². The molecule has 3 nitrogen and oxygen atoms in total. The third-order valence-electron chi connectivity index (χ3n) is 1.82. The Morgan fingerprint density at radius 3 is 2.62 bits per heavy atom. The fraction of sp³-hybridized carbons (Fsp3) is 0.200. The Labute approximate surface area is 107 Å². The zero-order valence-corrected chi connectivity index (χ0v) is 11.0. The molecule has 0 fully saturated rings. The Hall–Kier alpha value is -0.840. The van der Waals surface area contributed by atoms with Crippen molar-refractivity contribution in [1.29, 1.82) is 0 Å². The van der Waals surface area contributed by atoms with Crippen LogP contribution >= 0.6 is 34.5 Å². The molecular formula is C10H9Cl2N3S. The van der Waals surface area contributed by atoms with E-state index >= 15 is 0 Å². The van der Waals surface area contributed by atoms with Gasteiger partial charge in [-0.15, -0.1) is 0 Å². The summed E-state index contributed by atoms with van der Waals surface area (Å²) in [7, 11) is 0. The van der Waals surface area contributed by atoms with E-state index in [1.807, 2.05) is 13.8 Å². The van der Waals surface area contributed by atoms with Crippen LogP contribution in [-0.2, 0) is 0 Å². The molecule has 84 valence electrons. The van der Waals surface area contributed by atoms with Gasteiger partial charge in [0.1, 0.15) is 5.52 Å². The van der Waals surface area contributed by atoms with Crippen LogP contribution in [0.2, 0.25) is 10.0 Å². The van der Waals surface area contributed by atoms with Crippen molar-refractivity contribution in [3.05, 3.63) is 22.2 Å². The number of anilines is 1. The minimum Gasteiger partial charge on any atom is -0.253 e. The van der Waals surface area contributed by atoms with E-state index in [2.05, 4.69) is 15.5 Å². The highest BCUT2D eigenvalue weighted by atomic mass is 35.5. The van der Waals surface area contributed by atoms with Crippen LogP contribution in [0.15, 0.2) is 17.2 Å². The molecule has 1 N–H and O–H groups in total. The third-order valence-corrected chi connectivity index (χ3v) is 3.55. The van der Waals surface area contributed by atoms with E-state index in [1.165, 1.54) is 11.3 Å². The molecule has 0 aliphatic carbocycles. The average Bonchev–Trinajstić information content (AvgIpc) is 2.66. The number of hydrogen-bond acceptors (Lipinski definition) is 4. The van der Waals surface area contributed by atoms with E-state index in [0.717, 1.165) is 10.4 Å². The maximum atomic E-state index is 6.05. The largest absolute Gasteiger partial charge is 0.253 e. The van der Waals surface area contributed by atoms with Gasteiger partial charge in [0.25, 0.3) is 0 Å². The first-order valence-corrected chi connectivity index (χ1v) is 6.16. The molecular weight excluding hydrogens is 265 g/mol. The second-order valence-corrected chi connectivity index (χ2v) is 5.21. The molecule has 1 heterocycles. The number of fused-ring (bicyclic) bond motifs is 1. The van der Waals surface area contributed by atoms with Crippen LogP contribution in [-0.4, -0.2) is 10.7 Å². The number of nitrogens with one attached hydrogen (secondary N) is 1. The average molecular weight is 274 g/mol. The van der Waals surface area contributed by atoms with Gasteiger partial charge in [-0.2, -0.15) is 5.10 Å². The summed E-state index contributed by atoms with van der Waals surface area (Å²) in [5, 5.41) is 6.02. The molecule has 16 heavy (non-hydrogen) atoms. The molecule has 6 heteroatoms. The molecule has 1 aromatic heterocycles. The lowest BCUT2D eigenvalue weighted by atomic mass is 10.3. The smallest absolute Gasteiger partial charge is 0.204 e. The highest BCUT2D eigenvalue weighted by Gasteiger charge is 2.09. The highest BCUT2D eigenvalue weighted by molar-refractivity contribution is 7.22. The lowest BCUT2D eigenvalue weighted by Gasteiger charge is -1.92. The minimum absolute atomic E-state index is 0.598. The standard InChI is InChI=1S/C10H9Cl2N3S/c1-5(2)14-15-10-13-8-6(11)3-4-7(12)9(8)16-10/h3-4H,1-2H3,(H,13,15). The maximum Gasteiger partial charge on any atom is 0.204 e. The van der Waals surface area contributed by atoms with E-state index in [-0.39, 0.29) is 0 Å². The Morgan fingerprint density at radius 2 is 2.00 bits per heavy atom. The number of nitrogens with zero attached hydrogens (tertiary/aromatic N) is 2. The lowest BCUT2D eigenvalue weighted by Crippen LogP contribution is -1.91. The molecule has 0 saturated carbocycles. The van der Waals surface area contributed by atoms with Crippen molar-refractivity contribution in [1.82, 2.24) is 4.98 Å². The van der Waals surface area contributed by atoms with E-state index in [0.29, 0.717) is 20.7 Å². The van der Waals surface area contributed by atoms with Crippen LogP contribution in [0.1, 0.15) is 13.8 Å². The summed E-state index contributed by atoms with van der Waals surface area (Å²) in [6.07, 6.45) is 0. The van der Waals surface area contributed by atoms with Crippen LogP contribution in [0.3, 0.4) is 0 Å². The number of halogens is 2. The molecule has 0 aliphatic rings. The second-order valence-electron chi connectivity index (χ2n) is 3.40. The quantitative estimate of drug-likeness (QED) is 0.650. The Kier molecular flexibility index (Phi) is 3.33. The summed E-state index contributed by atoms with van der Waals surface area (Å²) < 4.78 is 0.876. The van der Waals surface area contributed by atoms with Gasteiger partial charge in [0.15, 0.2) is 0 Å². The molecule has 0 amide bonds. The predicted octanol–water partition coefficient (Wildman–Crippen LogP) is 4.41. The van der Waals surface area contributed by atoms with Gasteiger partial charge < -0.3 is 0 Å². The van der Waals surface area contributed by atoms with Crippen LogP contribution in [0.5, 0.6) is 0 Å². The highest BCUT2D eigenvalue weighted by Crippen LogP contribution is 2.35. The van der Waals surface area contributed by atoms with Crippen molar-refractivity contribution in [2.45, 2.75) is 13.8 Å². The molecule has 2 rings (SSSR count). The molecule has 0 spiro atoms. The van der Waals surface area contributed by atoms with Gasteiger partial charge >= 0.3 is 0 Å². The summed E-state index contributed by atoms with van der Waals surface area (Å²) in [6.45, 7) is 3.81. The van der Waals surface area contributed by atoms with Crippen LogP contribution < -0.4 is 5.43 Å². The van der Waals surface area contributed by atoms with Crippen molar-refractivity contribution in [3.8, 4) is 0 Å². The summed E-state index contributed by atoms with van der Waals surface area (Å²) in [6, 6.07) is 3.51. The maximum absolute atomic E-state index is 6.05. The first-order chi connectivity index (χ1) is 7.58. The van der Waals surface area contributed by atoms with E-state index in [4.69, 9.17) is 23.2 Å². The Bertz CT molecular complexity index is 519. The number of thiazole rings is 1. The summed E-state index contributed by atoms with van der Waals surface area (Å²) in [4.78, 5) is 4.33. The fourth-order valence-electron chi connectivity index (χ4n) is 1.15. The lowest BCUT2D eigenvalue weighted by molar-refractivity contribution is 1.29. The van der Waals surface area contributed by atoms with Gasteiger partial charge in [-0.1, -0.05) is 34.5 Å². The van der Waals surface area contributed by atoms with Crippen LogP contribution in [0.4, 0.5) is 5.13 Å². The van der Waals surface area contributed by atoms with Gasteiger partial charge in [-0.3, -0.25) is 5.43 Å². The van der Waals surface area contributed by atoms with E-state index < -0.39 is 0 Å². The van der Waals surface area contributed by atoms with Gasteiger partial charge in [0.2, 0.25) is 5.13 Å². The topological polar surface area (TPSA) is 37.3 Å². The predicted molar refractivity (Wildman–Crippen MR) is 72.0 cm³/mol. The van der Waals surface area contributed by atoms with Gasteiger partial charge in [-0.05, 0) is 26.0 Å². The molecule has 2 aromatic rings. The molecule has 0 saturated heterocycles. The van der Waals surface area contributed by atoms with Crippen molar-refractivity contribution in [3.63, 3.8) is 0 Å². The minimum atomic E-state index is 0.598. The van der Waals surface area contributed by atoms with Gasteiger partial charge in [-0.25, -0.2) is 4.98 Å². The Balaban J connectivity index is 2.47. The zero-order chi connectivity index (χ0) is 11.7.